The Kier molecular flexibility index (Phi) is 4.24. The number of thioether (sulfide) groups is 1. The van der Waals surface area contributed by atoms with E-state index in [0.29, 0.717) is 15.8 Å². The van der Waals surface area contributed by atoms with Gasteiger partial charge in [0, 0.05) is 16.8 Å². The van der Waals surface area contributed by atoms with Gasteiger partial charge in [-0.1, -0.05) is 23.7 Å². The SMILES string of the molecule is Nc1nc(SCc2ccc(Cl)cc2)ccc1[N+](=O)[O-]. The van der Waals surface area contributed by atoms with Crippen molar-refractivity contribution in [3.8, 4) is 0 Å². The molecule has 7 heteroatoms. The lowest BCUT2D eigenvalue weighted by molar-refractivity contribution is -0.384. The standard InChI is InChI=1S/C12H10ClN3O2S/c13-9-3-1-8(2-4-9)7-19-11-6-5-10(16(17)18)12(14)15-11/h1-6H,7H2,(H2,14,15). The highest BCUT2D eigenvalue weighted by atomic mass is 35.5. The number of nitrogen functional groups attached to an aromatic ring is 1. The number of nitrogens with zero attached hydrogens (tertiary/aromatic N) is 2. The Labute approximate surface area is 118 Å². The van der Waals surface area contributed by atoms with E-state index in [2.05, 4.69) is 4.98 Å². The van der Waals surface area contributed by atoms with Crippen LogP contribution in [0.1, 0.15) is 5.56 Å². The molecule has 0 atom stereocenters. The average Bonchev–Trinajstić information content (AvgIpc) is 2.37. The van der Waals surface area contributed by atoms with Gasteiger partial charge >= 0.3 is 5.69 Å². The van der Waals surface area contributed by atoms with Crippen LogP contribution in [-0.4, -0.2) is 9.91 Å². The lowest BCUT2D eigenvalue weighted by Crippen LogP contribution is -1.98. The van der Waals surface area contributed by atoms with Crippen molar-refractivity contribution in [3.05, 3.63) is 57.1 Å². The lowest BCUT2D eigenvalue weighted by Gasteiger charge is -2.03. The van der Waals surface area contributed by atoms with Crippen LogP contribution in [0.25, 0.3) is 0 Å². The van der Waals surface area contributed by atoms with E-state index in [1.165, 1.54) is 17.8 Å². The molecule has 2 aromatic rings. The first-order chi connectivity index (χ1) is 9.06. The molecule has 0 aliphatic carbocycles. The molecule has 0 bridgehead atoms. The van der Waals surface area contributed by atoms with Gasteiger partial charge in [-0.05, 0) is 23.8 Å². The average molecular weight is 296 g/mol. The van der Waals surface area contributed by atoms with Gasteiger partial charge in [0.2, 0.25) is 5.82 Å². The molecule has 0 aliphatic rings. The van der Waals surface area contributed by atoms with Crippen molar-refractivity contribution in [1.29, 1.82) is 0 Å². The minimum absolute atomic E-state index is 0.0638. The van der Waals surface area contributed by atoms with Gasteiger partial charge < -0.3 is 5.73 Å². The largest absolute Gasteiger partial charge is 0.378 e. The van der Waals surface area contributed by atoms with Crippen molar-refractivity contribution in [2.24, 2.45) is 0 Å². The summed E-state index contributed by atoms with van der Waals surface area (Å²) >= 11 is 7.25. The highest BCUT2D eigenvalue weighted by Crippen LogP contribution is 2.26. The number of hydrogen-bond donors (Lipinski definition) is 1. The van der Waals surface area contributed by atoms with Crippen LogP contribution >= 0.6 is 23.4 Å². The molecule has 0 aliphatic heterocycles. The summed E-state index contributed by atoms with van der Waals surface area (Å²) in [5, 5.41) is 11.9. The highest BCUT2D eigenvalue weighted by Gasteiger charge is 2.12. The van der Waals surface area contributed by atoms with E-state index in [4.69, 9.17) is 17.3 Å². The van der Waals surface area contributed by atoms with Crippen LogP contribution in [0.2, 0.25) is 5.02 Å². The highest BCUT2D eigenvalue weighted by molar-refractivity contribution is 7.98. The zero-order chi connectivity index (χ0) is 13.8. The van der Waals surface area contributed by atoms with E-state index >= 15 is 0 Å². The third-order valence-corrected chi connectivity index (χ3v) is 3.63. The topological polar surface area (TPSA) is 82.0 Å². The summed E-state index contributed by atoms with van der Waals surface area (Å²) in [6.45, 7) is 0. The van der Waals surface area contributed by atoms with Crippen LogP contribution in [-0.2, 0) is 5.75 Å². The van der Waals surface area contributed by atoms with Crippen molar-refractivity contribution < 1.29 is 4.92 Å². The number of rotatable bonds is 4. The fourth-order valence-electron chi connectivity index (χ4n) is 1.42. The smallest absolute Gasteiger partial charge is 0.311 e. The molecule has 2 N–H and O–H groups in total. The van der Waals surface area contributed by atoms with Crippen molar-refractivity contribution in [2.75, 3.05) is 5.73 Å². The first-order valence-corrected chi connectivity index (χ1v) is 6.71. The molecule has 19 heavy (non-hydrogen) atoms. The Bertz CT molecular complexity index is 604. The van der Waals surface area contributed by atoms with Crippen molar-refractivity contribution in [3.63, 3.8) is 0 Å². The number of hydrogen-bond acceptors (Lipinski definition) is 5. The van der Waals surface area contributed by atoms with E-state index in [-0.39, 0.29) is 11.5 Å². The Balaban J connectivity index is 2.06. The Hall–Kier alpha value is -1.79. The maximum Gasteiger partial charge on any atom is 0.311 e. The van der Waals surface area contributed by atoms with Gasteiger partial charge in [-0.3, -0.25) is 10.1 Å². The number of benzene rings is 1. The zero-order valence-corrected chi connectivity index (χ0v) is 11.3. The predicted octanol–water partition coefficient (Wildman–Crippen LogP) is 3.52. The second kappa shape index (κ2) is 5.90. The first kappa shape index (κ1) is 13.6. The van der Waals surface area contributed by atoms with Crippen LogP contribution in [0.5, 0.6) is 0 Å². The molecule has 0 radical (unpaired) electrons. The minimum Gasteiger partial charge on any atom is -0.378 e. The maximum atomic E-state index is 10.6. The second-order valence-corrected chi connectivity index (χ2v) is 5.16. The van der Waals surface area contributed by atoms with Crippen LogP contribution in [0.3, 0.4) is 0 Å². The fraction of sp³-hybridized carbons (Fsp3) is 0.0833. The Morgan fingerprint density at radius 3 is 2.53 bits per heavy atom. The number of anilines is 1. The van der Waals surface area contributed by atoms with E-state index < -0.39 is 4.92 Å². The van der Waals surface area contributed by atoms with Gasteiger partial charge in [0.05, 0.1) is 9.95 Å². The Morgan fingerprint density at radius 2 is 1.95 bits per heavy atom. The van der Waals surface area contributed by atoms with Gasteiger partial charge in [0.25, 0.3) is 0 Å². The van der Waals surface area contributed by atoms with Gasteiger partial charge in [-0.15, -0.1) is 11.8 Å². The van der Waals surface area contributed by atoms with Gasteiger partial charge in [-0.25, -0.2) is 4.98 Å². The monoisotopic (exact) mass is 295 g/mol. The second-order valence-electron chi connectivity index (χ2n) is 3.73. The van der Waals surface area contributed by atoms with E-state index in [1.54, 1.807) is 6.07 Å². The molecular weight excluding hydrogens is 286 g/mol. The van der Waals surface area contributed by atoms with Gasteiger partial charge in [0.1, 0.15) is 0 Å². The molecule has 0 fully saturated rings. The van der Waals surface area contributed by atoms with Crippen molar-refractivity contribution in [1.82, 2.24) is 4.98 Å². The zero-order valence-electron chi connectivity index (χ0n) is 9.75. The van der Waals surface area contributed by atoms with Crippen molar-refractivity contribution >= 4 is 34.9 Å². The summed E-state index contributed by atoms with van der Waals surface area (Å²) in [6.07, 6.45) is 0. The molecule has 0 saturated carbocycles. The first-order valence-electron chi connectivity index (χ1n) is 5.34. The fourth-order valence-corrected chi connectivity index (χ4v) is 2.38. The van der Waals surface area contributed by atoms with E-state index in [9.17, 15) is 10.1 Å². The summed E-state index contributed by atoms with van der Waals surface area (Å²) in [6, 6.07) is 10.4. The number of pyridine rings is 1. The van der Waals surface area contributed by atoms with E-state index in [1.807, 2.05) is 24.3 Å². The van der Waals surface area contributed by atoms with Crippen LogP contribution in [0.4, 0.5) is 11.5 Å². The lowest BCUT2D eigenvalue weighted by atomic mass is 10.2. The quantitative estimate of drug-likeness (QED) is 0.530. The summed E-state index contributed by atoms with van der Waals surface area (Å²) in [7, 11) is 0. The molecule has 2 rings (SSSR count). The van der Waals surface area contributed by atoms with Crippen LogP contribution in [0, 0.1) is 10.1 Å². The van der Waals surface area contributed by atoms with Crippen LogP contribution in [0.15, 0.2) is 41.4 Å². The summed E-state index contributed by atoms with van der Waals surface area (Å²) < 4.78 is 0. The normalized spacial score (nSPS) is 10.4. The summed E-state index contributed by atoms with van der Waals surface area (Å²) in [5.74, 6) is 0.632. The summed E-state index contributed by atoms with van der Waals surface area (Å²) in [4.78, 5) is 14.1. The third-order valence-electron chi connectivity index (χ3n) is 2.37. The Morgan fingerprint density at radius 1 is 1.26 bits per heavy atom. The van der Waals surface area contributed by atoms with Crippen LogP contribution < -0.4 is 5.73 Å². The summed E-state index contributed by atoms with van der Waals surface area (Å²) in [5.41, 5.74) is 6.45. The molecule has 0 unspecified atom stereocenters. The predicted molar refractivity (Wildman–Crippen MR) is 76.3 cm³/mol. The molecule has 5 nitrogen and oxygen atoms in total. The molecule has 1 aromatic carbocycles. The minimum atomic E-state index is -0.546. The molecule has 0 spiro atoms. The molecule has 98 valence electrons. The number of aromatic nitrogens is 1. The number of halogens is 1. The third kappa shape index (κ3) is 3.59. The van der Waals surface area contributed by atoms with E-state index in [0.717, 1.165) is 5.56 Å². The molecule has 0 saturated heterocycles. The number of nitro groups is 1. The molecule has 0 amide bonds. The number of nitrogens with two attached hydrogens (primary N) is 1. The van der Waals surface area contributed by atoms with Gasteiger partial charge in [-0.2, -0.15) is 0 Å². The van der Waals surface area contributed by atoms with Gasteiger partial charge in [0.15, 0.2) is 0 Å². The maximum absolute atomic E-state index is 10.6. The molecule has 1 aromatic heterocycles. The molecular formula is C12H10ClN3O2S. The molecule has 1 heterocycles. The van der Waals surface area contributed by atoms with Crippen molar-refractivity contribution in [2.45, 2.75) is 10.8 Å².